The molecule has 2 aromatic heterocycles. The number of esters is 1. The average molecular weight is 300 g/mol. The number of nitrogens with one attached hydrogen (secondary N) is 1. The van der Waals surface area contributed by atoms with Gasteiger partial charge in [-0.15, -0.1) is 0 Å². The van der Waals surface area contributed by atoms with Crippen molar-refractivity contribution >= 4 is 16.9 Å². The van der Waals surface area contributed by atoms with E-state index in [1.54, 1.807) is 0 Å². The summed E-state index contributed by atoms with van der Waals surface area (Å²) in [5, 5.41) is 1.35. The van der Waals surface area contributed by atoms with E-state index >= 15 is 0 Å². The fourth-order valence-electron chi connectivity index (χ4n) is 3.37. The van der Waals surface area contributed by atoms with Gasteiger partial charge in [-0.2, -0.15) is 0 Å². The summed E-state index contributed by atoms with van der Waals surface area (Å²) < 4.78 is 4.96. The number of aromatic nitrogens is 2. The molecule has 0 radical (unpaired) electrons. The van der Waals surface area contributed by atoms with Crippen LogP contribution in [0, 0.1) is 0 Å². The number of fused-ring (bicyclic) bond motifs is 3. The second-order valence-corrected chi connectivity index (χ2v) is 5.98. The van der Waals surface area contributed by atoms with E-state index in [9.17, 15) is 4.79 Å². The van der Waals surface area contributed by atoms with Crippen molar-refractivity contribution in [1.82, 2.24) is 9.97 Å². The lowest BCUT2D eigenvalue weighted by Crippen LogP contribution is -2.03. The van der Waals surface area contributed by atoms with E-state index in [0.717, 1.165) is 31.4 Å². The normalized spacial score (nSPS) is 14.0. The van der Waals surface area contributed by atoms with Crippen LogP contribution in [0.5, 0.6) is 0 Å². The van der Waals surface area contributed by atoms with E-state index in [2.05, 4.69) is 16.0 Å². The molecule has 0 bridgehead atoms. The number of hydrogen-bond donors (Lipinski definition) is 1. The van der Waals surface area contributed by atoms with Crippen LogP contribution in [0.3, 0.4) is 0 Å². The Kier molecular flexibility index (Phi) is 4.76. The van der Waals surface area contributed by atoms with Crippen LogP contribution < -0.4 is 0 Å². The number of pyridine rings is 1. The third-order valence-corrected chi connectivity index (χ3v) is 4.45. The Hall–Kier alpha value is -1.84. The van der Waals surface area contributed by atoms with Gasteiger partial charge in [0.25, 0.3) is 0 Å². The molecule has 0 aromatic carbocycles. The third-order valence-electron chi connectivity index (χ3n) is 4.45. The molecule has 3 rings (SSSR count). The van der Waals surface area contributed by atoms with Crippen molar-refractivity contribution in [1.29, 1.82) is 0 Å². The number of carbonyl (C=O) groups excluding carboxylic acids is 1. The molecule has 4 nitrogen and oxygen atoms in total. The molecule has 1 N–H and O–H groups in total. The zero-order valence-electron chi connectivity index (χ0n) is 13.3. The highest BCUT2D eigenvalue weighted by Crippen LogP contribution is 2.30. The number of carbonyl (C=O) groups is 1. The Morgan fingerprint density at radius 3 is 3.05 bits per heavy atom. The Bertz CT molecular complexity index is 660. The van der Waals surface area contributed by atoms with Crippen molar-refractivity contribution in [3.05, 3.63) is 29.2 Å². The van der Waals surface area contributed by atoms with Crippen LogP contribution in [0.4, 0.5) is 0 Å². The number of aryl methyl sites for hydroxylation is 3. The number of H-pyrrole nitrogens is 1. The zero-order chi connectivity index (χ0) is 15.4. The molecule has 0 atom stereocenters. The summed E-state index contributed by atoms with van der Waals surface area (Å²) in [7, 11) is 0. The van der Waals surface area contributed by atoms with E-state index in [4.69, 9.17) is 4.74 Å². The van der Waals surface area contributed by atoms with Crippen LogP contribution in [0.1, 0.15) is 56.0 Å². The second-order valence-electron chi connectivity index (χ2n) is 5.98. The maximum Gasteiger partial charge on any atom is 0.305 e. The van der Waals surface area contributed by atoms with E-state index in [1.807, 2.05) is 13.1 Å². The molecule has 0 saturated heterocycles. The van der Waals surface area contributed by atoms with E-state index in [1.165, 1.54) is 41.4 Å². The number of ether oxygens (including phenoxy) is 1. The van der Waals surface area contributed by atoms with Crippen molar-refractivity contribution < 1.29 is 9.53 Å². The van der Waals surface area contributed by atoms with Gasteiger partial charge in [0.2, 0.25) is 0 Å². The molecule has 2 aromatic rings. The summed E-state index contributed by atoms with van der Waals surface area (Å²) in [5.41, 5.74) is 5.25. The maximum absolute atomic E-state index is 11.4. The summed E-state index contributed by atoms with van der Waals surface area (Å²) in [6, 6.07) is 2.14. The molecule has 4 heteroatoms. The number of unbranched alkanes of at least 4 members (excludes halogenated alkanes) is 1. The van der Waals surface area contributed by atoms with E-state index in [-0.39, 0.29) is 5.97 Å². The molecule has 118 valence electrons. The minimum absolute atomic E-state index is 0.0935. The summed E-state index contributed by atoms with van der Waals surface area (Å²) in [5.74, 6) is -0.0935. The minimum atomic E-state index is -0.0935. The fraction of sp³-hybridized carbons (Fsp3) is 0.556. The number of nitrogens with zero attached hydrogens (tertiary/aromatic N) is 1. The summed E-state index contributed by atoms with van der Waals surface area (Å²) >= 11 is 0. The van der Waals surface area contributed by atoms with Crippen LogP contribution >= 0.6 is 0 Å². The molecule has 0 amide bonds. The molecule has 0 unspecified atom stereocenters. The molecular weight excluding hydrogens is 276 g/mol. The molecule has 1 aliphatic carbocycles. The highest BCUT2D eigenvalue weighted by molar-refractivity contribution is 5.86. The van der Waals surface area contributed by atoms with Gasteiger partial charge in [0.05, 0.1) is 17.8 Å². The quantitative estimate of drug-likeness (QED) is 0.653. The van der Waals surface area contributed by atoms with E-state index in [0.29, 0.717) is 13.0 Å². The highest BCUT2D eigenvalue weighted by Gasteiger charge is 2.17. The van der Waals surface area contributed by atoms with Crippen molar-refractivity contribution in [2.75, 3.05) is 6.61 Å². The first-order valence-corrected chi connectivity index (χ1v) is 8.42. The zero-order valence-corrected chi connectivity index (χ0v) is 13.3. The Labute approximate surface area is 131 Å². The molecule has 22 heavy (non-hydrogen) atoms. The SMILES string of the molecule is CCOC(=O)CCCCc1nccc2c3c([nH]c12)CCCC3. The number of aromatic amines is 1. The molecule has 0 aliphatic heterocycles. The van der Waals surface area contributed by atoms with Crippen LogP contribution in [0.15, 0.2) is 12.3 Å². The predicted molar refractivity (Wildman–Crippen MR) is 86.9 cm³/mol. The predicted octanol–water partition coefficient (Wildman–Crippen LogP) is 3.72. The van der Waals surface area contributed by atoms with Gasteiger partial charge in [0, 0.05) is 23.7 Å². The lowest BCUT2D eigenvalue weighted by atomic mass is 9.96. The smallest absolute Gasteiger partial charge is 0.305 e. The van der Waals surface area contributed by atoms with Gasteiger partial charge in [-0.05, 0) is 63.5 Å². The van der Waals surface area contributed by atoms with Gasteiger partial charge < -0.3 is 9.72 Å². The maximum atomic E-state index is 11.4. The monoisotopic (exact) mass is 300 g/mol. The van der Waals surface area contributed by atoms with Gasteiger partial charge in [0.15, 0.2) is 0 Å². The molecule has 2 heterocycles. The first-order valence-electron chi connectivity index (χ1n) is 8.42. The van der Waals surface area contributed by atoms with Crippen molar-refractivity contribution in [2.45, 2.75) is 58.3 Å². The minimum Gasteiger partial charge on any atom is -0.466 e. The highest BCUT2D eigenvalue weighted by atomic mass is 16.5. The second kappa shape index (κ2) is 6.95. The van der Waals surface area contributed by atoms with Crippen LogP contribution in [-0.4, -0.2) is 22.5 Å². The Morgan fingerprint density at radius 1 is 1.32 bits per heavy atom. The lowest BCUT2D eigenvalue weighted by molar-refractivity contribution is -0.143. The summed E-state index contributed by atoms with van der Waals surface area (Å²) in [6.07, 6.45) is 10.1. The Morgan fingerprint density at radius 2 is 2.18 bits per heavy atom. The molecule has 1 aliphatic rings. The standard InChI is InChI=1S/C18H24N2O2/c1-2-22-17(21)10-6-5-9-16-18-14(11-12-19-16)13-7-3-4-8-15(13)20-18/h11-12,20H,2-10H2,1H3. The first kappa shape index (κ1) is 15.1. The van der Waals surface area contributed by atoms with Crippen molar-refractivity contribution in [3.8, 4) is 0 Å². The molecule has 0 spiro atoms. The van der Waals surface area contributed by atoms with E-state index < -0.39 is 0 Å². The lowest BCUT2D eigenvalue weighted by Gasteiger charge is -2.10. The number of hydrogen-bond acceptors (Lipinski definition) is 3. The van der Waals surface area contributed by atoms with Gasteiger partial charge in [0.1, 0.15) is 0 Å². The van der Waals surface area contributed by atoms with Gasteiger partial charge in [-0.25, -0.2) is 0 Å². The van der Waals surface area contributed by atoms with Crippen LogP contribution in [0.2, 0.25) is 0 Å². The fourth-order valence-corrected chi connectivity index (χ4v) is 3.37. The summed E-state index contributed by atoms with van der Waals surface area (Å²) in [4.78, 5) is 19.5. The average Bonchev–Trinajstić information content (AvgIpc) is 2.91. The number of rotatable bonds is 6. The van der Waals surface area contributed by atoms with Gasteiger partial charge in [-0.1, -0.05) is 0 Å². The van der Waals surface area contributed by atoms with Gasteiger partial charge >= 0.3 is 5.97 Å². The molecular formula is C18H24N2O2. The van der Waals surface area contributed by atoms with Crippen molar-refractivity contribution in [3.63, 3.8) is 0 Å². The van der Waals surface area contributed by atoms with Crippen molar-refractivity contribution in [2.24, 2.45) is 0 Å². The largest absolute Gasteiger partial charge is 0.466 e. The molecule has 0 saturated carbocycles. The molecule has 0 fully saturated rings. The van der Waals surface area contributed by atoms with Crippen LogP contribution in [0.25, 0.3) is 10.9 Å². The topological polar surface area (TPSA) is 55.0 Å². The Balaban J connectivity index is 1.67. The van der Waals surface area contributed by atoms with Gasteiger partial charge in [-0.3, -0.25) is 9.78 Å². The first-order chi connectivity index (χ1) is 10.8. The third kappa shape index (κ3) is 3.16. The summed E-state index contributed by atoms with van der Waals surface area (Å²) in [6.45, 7) is 2.31. The van der Waals surface area contributed by atoms with Crippen LogP contribution in [-0.2, 0) is 28.8 Å².